The number of rotatable bonds is 22. The van der Waals surface area contributed by atoms with E-state index in [1.165, 1.54) is 6.92 Å². The minimum atomic E-state index is -0.876. The molecule has 0 aliphatic carbocycles. The molecule has 2 unspecified atom stereocenters. The van der Waals surface area contributed by atoms with Gasteiger partial charge in [0, 0.05) is 91.0 Å². The molecule has 257 valence electrons. The smallest absolute Gasteiger partial charge is 0.410 e. The molecule has 47 heavy (non-hydrogen) atoms. The van der Waals surface area contributed by atoms with E-state index in [0.717, 1.165) is 22.2 Å². The van der Waals surface area contributed by atoms with Crippen LogP contribution in [0.5, 0.6) is 5.75 Å². The van der Waals surface area contributed by atoms with E-state index < -0.39 is 41.2 Å². The zero-order valence-corrected chi connectivity index (χ0v) is 30.8. The van der Waals surface area contributed by atoms with Crippen molar-refractivity contribution in [2.24, 2.45) is 17.4 Å². The van der Waals surface area contributed by atoms with Gasteiger partial charge in [0.1, 0.15) is 17.3 Å². The van der Waals surface area contributed by atoms with Gasteiger partial charge in [-0.05, 0) is 50.9 Å². The molecular formula is C31H45N5O9SY. The van der Waals surface area contributed by atoms with Crippen LogP contribution in [0.2, 0.25) is 0 Å². The summed E-state index contributed by atoms with van der Waals surface area (Å²) in [6.07, 6.45) is 0.555. The van der Waals surface area contributed by atoms with Crippen molar-refractivity contribution in [3.05, 3.63) is 29.8 Å². The van der Waals surface area contributed by atoms with Gasteiger partial charge < -0.3 is 31.6 Å². The number of primary amides is 1. The number of nitrogens with two attached hydrogens (primary N) is 2. The van der Waals surface area contributed by atoms with Crippen LogP contribution in [-0.4, -0.2) is 103 Å². The third-order valence-corrected chi connectivity index (χ3v) is 8.89. The second-order valence-corrected chi connectivity index (χ2v) is 12.3. The van der Waals surface area contributed by atoms with Crippen molar-refractivity contribution in [2.45, 2.75) is 69.2 Å². The van der Waals surface area contributed by atoms with Crippen LogP contribution < -0.4 is 26.8 Å². The standard InChI is InChI=1S/C31H45N5O9S.Y/c1-19(37)24(32)15-20-6-8-23(9-7-20)45-31(43)35-12-10-25(34-2)26(39)16-21(29(33)41)18-46-27-17-28(40)36(30(27)42)13-11-22(38)5-4-14-44-3;/h6-9,21,24-25,27,34H,4-5,10-18,32H2,1-3H3,(H2,33,41)(H,35,43);/t21-,24-,25?,27?;/m0./s1. The molecule has 6 N–H and O–H groups in total. The number of nitrogens with zero attached hydrogens (tertiary/aromatic N) is 1. The molecule has 14 nitrogen and oxygen atoms in total. The molecule has 1 fully saturated rings. The maximum absolute atomic E-state index is 13.0. The number of hydrogen-bond acceptors (Lipinski definition) is 12. The van der Waals surface area contributed by atoms with E-state index in [9.17, 15) is 33.6 Å². The summed E-state index contributed by atoms with van der Waals surface area (Å²) in [6.45, 7) is 1.98. The Labute approximate surface area is 304 Å². The quantitative estimate of drug-likeness (QED) is 0.0942. The molecule has 4 atom stereocenters. The van der Waals surface area contributed by atoms with Crippen molar-refractivity contribution >= 4 is 52.9 Å². The Morgan fingerprint density at radius 1 is 1.11 bits per heavy atom. The van der Waals surface area contributed by atoms with Crippen LogP contribution in [0, 0.1) is 5.92 Å². The number of carbonyl (C=O) groups excluding carboxylic acids is 7. The number of nitrogens with one attached hydrogen (secondary N) is 2. The van der Waals surface area contributed by atoms with Crippen LogP contribution in [0.4, 0.5) is 4.79 Å². The monoisotopic (exact) mass is 752 g/mol. The van der Waals surface area contributed by atoms with E-state index >= 15 is 0 Å². The predicted octanol–water partition coefficient (Wildman–Crippen LogP) is 0.517. The van der Waals surface area contributed by atoms with E-state index in [1.807, 2.05) is 0 Å². The maximum atomic E-state index is 13.0. The fourth-order valence-electron chi connectivity index (χ4n) is 4.67. The van der Waals surface area contributed by atoms with Gasteiger partial charge in [-0.2, -0.15) is 0 Å². The zero-order valence-electron chi connectivity index (χ0n) is 27.2. The molecule has 16 heteroatoms. The summed E-state index contributed by atoms with van der Waals surface area (Å²) in [7, 11) is 3.12. The van der Waals surface area contributed by atoms with Crippen molar-refractivity contribution in [1.82, 2.24) is 15.5 Å². The number of benzene rings is 1. The van der Waals surface area contributed by atoms with Crippen molar-refractivity contribution in [1.29, 1.82) is 0 Å². The average Bonchev–Trinajstić information content (AvgIpc) is 3.28. The van der Waals surface area contributed by atoms with Gasteiger partial charge in [0.2, 0.25) is 17.7 Å². The van der Waals surface area contributed by atoms with Crippen LogP contribution in [-0.2, 0) is 72.6 Å². The first kappa shape index (κ1) is 42.5. The van der Waals surface area contributed by atoms with E-state index in [0.29, 0.717) is 25.9 Å². The number of hydrogen-bond donors (Lipinski definition) is 4. The van der Waals surface area contributed by atoms with Crippen molar-refractivity contribution in [3.8, 4) is 5.75 Å². The first-order valence-electron chi connectivity index (χ1n) is 15.1. The van der Waals surface area contributed by atoms with Gasteiger partial charge in [-0.15, -0.1) is 11.8 Å². The summed E-state index contributed by atoms with van der Waals surface area (Å²) in [5, 5.41) is 4.73. The number of imide groups is 1. The fraction of sp³-hybridized carbons (Fsp3) is 0.581. The van der Waals surface area contributed by atoms with Crippen LogP contribution >= 0.6 is 11.8 Å². The molecule has 0 bridgehead atoms. The van der Waals surface area contributed by atoms with Crippen LogP contribution in [0.25, 0.3) is 0 Å². The van der Waals surface area contributed by atoms with Gasteiger partial charge in [-0.3, -0.25) is 33.7 Å². The second-order valence-electron chi connectivity index (χ2n) is 11.1. The summed E-state index contributed by atoms with van der Waals surface area (Å²) < 4.78 is 10.2. The normalized spacial score (nSPS) is 16.2. The summed E-state index contributed by atoms with van der Waals surface area (Å²) in [5.41, 5.74) is 12.2. The van der Waals surface area contributed by atoms with E-state index in [4.69, 9.17) is 20.9 Å². The first-order chi connectivity index (χ1) is 21.9. The molecule has 2 rings (SSSR count). The number of ketones is 3. The van der Waals surface area contributed by atoms with Crippen molar-refractivity contribution < 1.29 is 75.7 Å². The Bertz CT molecular complexity index is 1250. The maximum Gasteiger partial charge on any atom is 0.412 e. The van der Waals surface area contributed by atoms with Gasteiger partial charge in [-0.25, -0.2) is 4.79 Å². The molecule has 1 aromatic rings. The minimum absolute atomic E-state index is 0. The van der Waals surface area contributed by atoms with Gasteiger partial charge >= 0.3 is 6.09 Å². The van der Waals surface area contributed by atoms with Gasteiger partial charge in [0.25, 0.3) is 0 Å². The van der Waals surface area contributed by atoms with Gasteiger partial charge in [0.05, 0.1) is 23.3 Å². The van der Waals surface area contributed by atoms with Crippen LogP contribution in [0.15, 0.2) is 24.3 Å². The molecule has 1 radical (unpaired) electrons. The van der Waals surface area contributed by atoms with Crippen LogP contribution in [0.1, 0.15) is 51.0 Å². The van der Waals surface area contributed by atoms with Crippen molar-refractivity contribution in [3.63, 3.8) is 0 Å². The van der Waals surface area contributed by atoms with Crippen LogP contribution in [0.3, 0.4) is 0 Å². The molecule has 1 aromatic carbocycles. The average molecular weight is 753 g/mol. The predicted molar refractivity (Wildman–Crippen MR) is 171 cm³/mol. The number of carbonyl (C=O) groups is 7. The summed E-state index contributed by atoms with van der Waals surface area (Å²) in [4.78, 5) is 87.1. The molecule has 1 heterocycles. The zero-order chi connectivity index (χ0) is 34.2. The Hall–Kier alpha value is -2.56. The van der Waals surface area contributed by atoms with E-state index in [-0.39, 0.29) is 106 Å². The number of amides is 4. The Morgan fingerprint density at radius 3 is 2.38 bits per heavy atom. The summed E-state index contributed by atoms with van der Waals surface area (Å²) in [6, 6.07) is 5.30. The number of Topliss-reactive ketones (excluding diaryl/α,β-unsaturated/α-hetero) is 3. The minimum Gasteiger partial charge on any atom is -0.410 e. The molecule has 1 saturated heterocycles. The Morgan fingerprint density at radius 2 is 1.79 bits per heavy atom. The number of likely N-dealkylation sites (tertiary alicyclic amines) is 1. The number of ether oxygens (including phenoxy) is 2. The third kappa shape index (κ3) is 15.0. The molecule has 0 aromatic heterocycles. The second kappa shape index (κ2) is 22.1. The number of likely N-dealkylation sites (N-methyl/N-ethyl adjacent to an activating group) is 1. The SMILES string of the molecule is CNC(CCNC(=O)Oc1ccc(C[C@H](N)C(C)=O)cc1)C(=O)C[C@@H](CSC1CC(=O)N(CCC(=O)CCCOC)C1=O)C(N)=O.[Y]. The van der Waals surface area contributed by atoms with Gasteiger partial charge in [0.15, 0.2) is 5.78 Å². The third-order valence-electron chi connectivity index (χ3n) is 7.52. The van der Waals surface area contributed by atoms with E-state index in [2.05, 4.69) is 10.6 Å². The number of methoxy groups -OCH3 is 1. The van der Waals surface area contributed by atoms with E-state index in [1.54, 1.807) is 38.4 Å². The Kier molecular flexibility index (Phi) is 20.0. The Balaban J connectivity index is 0.0000110. The molecule has 1 aliphatic rings. The van der Waals surface area contributed by atoms with Gasteiger partial charge in [-0.1, -0.05) is 12.1 Å². The molecule has 0 spiro atoms. The topological polar surface area (TPSA) is 217 Å². The van der Waals surface area contributed by atoms with Crippen molar-refractivity contribution in [2.75, 3.05) is 39.6 Å². The largest absolute Gasteiger partial charge is 0.412 e. The first-order valence-corrected chi connectivity index (χ1v) is 16.2. The summed E-state index contributed by atoms with van der Waals surface area (Å²) in [5.74, 6) is -2.52. The molecular weight excluding hydrogens is 707 g/mol. The fourth-order valence-corrected chi connectivity index (χ4v) is 5.95. The summed E-state index contributed by atoms with van der Waals surface area (Å²) >= 11 is 1.09. The molecule has 4 amide bonds. The number of thioether (sulfide) groups is 1. The molecule has 1 aliphatic heterocycles. The molecule has 0 saturated carbocycles.